The summed E-state index contributed by atoms with van der Waals surface area (Å²) in [7, 11) is 0. The van der Waals surface area contributed by atoms with Gasteiger partial charge in [0, 0.05) is 17.4 Å². The fourth-order valence-corrected chi connectivity index (χ4v) is 2.95. The Morgan fingerprint density at radius 3 is 2.79 bits per heavy atom. The second kappa shape index (κ2) is 5.12. The largest absolute Gasteiger partial charge is 0.408 e. The number of hydrogen-bond donors (Lipinski definition) is 1. The van der Waals surface area contributed by atoms with Crippen LogP contribution in [0.25, 0.3) is 11.3 Å². The summed E-state index contributed by atoms with van der Waals surface area (Å²) >= 11 is 0. The van der Waals surface area contributed by atoms with Crippen LogP contribution in [0.5, 0.6) is 0 Å². The fraction of sp³-hybridized carbons (Fsp3) is 0.400. The van der Waals surface area contributed by atoms with Gasteiger partial charge in [-0.25, -0.2) is 0 Å². The van der Waals surface area contributed by atoms with Crippen molar-refractivity contribution < 1.29 is 0 Å². The Morgan fingerprint density at radius 2 is 2.00 bits per heavy atom. The third kappa shape index (κ3) is 2.16. The Labute approximate surface area is 115 Å². The van der Waals surface area contributed by atoms with Gasteiger partial charge >= 0.3 is 6.98 Å². The summed E-state index contributed by atoms with van der Waals surface area (Å²) in [5, 5.41) is 8.15. The molecule has 0 radical (unpaired) electrons. The molecule has 98 valence electrons. The zero-order valence-electron chi connectivity index (χ0n) is 11.6. The first-order chi connectivity index (χ1) is 9.33. The van der Waals surface area contributed by atoms with Crippen molar-refractivity contribution in [2.75, 3.05) is 5.23 Å². The van der Waals surface area contributed by atoms with E-state index in [1.165, 1.54) is 29.8 Å². The van der Waals surface area contributed by atoms with E-state index in [0.717, 1.165) is 12.2 Å². The highest BCUT2D eigenvalue weighted by Crippen LogP contribution is 2.33. The maximum atomic E-state index is 4.51. The molecule has 0 saturated heterocycles. The molecule has 3 nitrogen and oxygen atoms in total. The molecule has 0 spiro atoms. The van der Waals surface area contributed by atoms with E-state index in [-0.39, 0.29) is 6.98 Å². The molecular weight excluding hydrogens is 233 g/mol. The molecule has 1 aromatic heterocycles. The Hall–Kier alpha value is -1.71. The summed E-state index contributed by atoms with van der Waals surface area (Å²) < 4.78 is 2.14. The van der Waals surface area contributed by atoms with Crippen LogP contribution in [0.2, 0.25) is 6.32 Å². The molecule has 0 saturated carbocycles. The SMILES string of the molecule is CCC(CC)CB1Nc2ccccc2-c2ccnn21. The molecule has 2 heterocycles. The van der Waals surface area contributed by atoms with Gasteiger partial charge in [0.15, 0.2) is 0 Å². The first kappa shape index (κ1) is 12.3. The highest BCUT2D eigenvalue weighted by molar-refractivity contribution is 6.62. The lowest BCUT2D eigenvalue weighted by atomic mass is 9.64. The quantitative estimate of drug-likeness (QED) is 0.841. The number of aromatic nitrogens is 2. The molecule has 0 unspecified atom stereocenters. The number of nitrogens with zero attached hydrogens (tertiary/aromatic N) is 2. The molecule has 1 aliphatic rings. The topological polar surface area (TPSA) is 29.9 Å². The van der Waals surface area contributed by atoms with Crippen LogP contribution in [-0.2, 0) is 0 Å². The number of fused-ring (bicyclic) bond motifs is 3. The van der Waals surface area contributed by atoms with Gasteiger partial charge in [-0.05, 0) is 24.4 Å². The highest BCUT2D eigenvalue weighted by atomic mass is 15.3. The number of anilines is 1. The molecule has 1 N–H and O–H groups in total. The maximum Gasteiger partial charge on any atom is 0.396 e. The van der Waals surface area contributed by atoms with Gasteiger partial charge in [-0.15, -0.1) is 0 Å². The monoisotopic (exact) mass is 253 g/mol. The average Bonchev–Trinajstić information content (AvgIpc) is 2.94. The van der Waals surface area contributed by atoms with Gasteiger partial charge in [-0.1, -0.05) is 44.9 Å². The molecule has 1 aromatic carbocycles. The van der Waals surface area contributed by atoms with Crippen molar-refractivity contribution in [1.29, 1.82) is 0 Å². The number of benzene rings is 1. The molecule has 2 aromatic rings. The predicted molar refractivity (Wildman–Crippen MR) is 81.3 cm³/mol. The van der Waals surface area contributed by atoms with Crippen molar-refractivity contribution in [3.8, 4) is 11.3 Å². The first-order valence-electron chi connectivity index (χ1n) is 7.23. The van der Waals surface area contributed by atoms with Gasteiger partial charge < -0.3 is 5.23 Å². The normalized spacial score (nSPS) is 13.1. The molecule has 19 heavy (non-hydrogen) atoms. The van der Waals surface area contributed by atoms with E-state index in [9.17, 15) is 0 Å². The lowest BCUT2D eigenvalue weighted by molar-refractivity contribution is 0.535. The van der Waals surface area contributed by atoms with Crippen LogP contribution in [0.1, 0.15) is 26.7 Å². The Balaban J connectivity index is 1.95. The van der Waals surface area contributed by atoms with E-state index >= 15 is 0 Å². The zero-order valence-corrected chi connectivity index (χ0v) is 11.6. The molecule has 0 aliphatic carbocycles. The van der Waals surface area contributed by atoms with Crippen molar-refractivity contribution in [3.05, 3.63) is 36.5 Å². The standard InChI is InChI=1S/C15H20BN3/c1-3-12(4-2)11-16-18-14-8-6-5-7-13(14)15-9-10-17-19(15)16/h5-10,12,18H,3-4,11H2,1-2H3. The summed E-state index contributed by atoms with van der Waals surface area (Å²) in [6.45, 7) is 4.83. The minimum absolute atomic E-state index is 0.282. The van der Waals surface area contributed by atoms with Crippen molar-refractivity contribution in [1.82, 2.24) is 9.69 Å². The first-order valence-corrected chi connectivity index (χ1v) is 7.23. The van der Waals surface area contributed by atoms with Crippen LogP contribution < -0.4 is 5.23 Å². The van der Waals surface area contributed by atoms with E-state index in [4.69, 9.17) is 0 Å². The maximum absolute atomic E-state index is 4.51. The zero-order chi connectivity index (χ0) is 13.2. The summed E-state index contributed by atoms with van der Waals surface area (Å²) in [5.41, 5.74) is 3.71. The summed E-state index contributed by atoms with van der Waals surface area (Å²) in [4.78, 5) is 0. The molecule has 3 rings (SSSR count). The summed E-state index contributed by atoms with van der Waals surface area (Å²) in [6.07, 6.45) is 5.49. The van der Waals surface area contributed by atoms with Crippen LogP contribution in [0.3, 0.4) is 0 Å². The summed E-state index contributed by atoms with van der Waals surface area (Å²) in [5.74, 6) is 0.750. The predicted octanol–water partition coefficient (Wildman–Crippen LogP) is 3.75. The van der Waals surface area contributed by atoms with Gasteiger partial charge in [0.05, 0.1) is 5.69 Å². The van der Waals surface area contributed by atoms with E-state index in [0.29, 0.717) is 0 Å². The van der Waals surface area contributed by atoms with Crippen molar-refractivity contribution >= 4 is 12.7 Å². The van der Waals surface area contributed by atoms with Crippen LogP contribution in [0.4, 0.5) is 5.69 Å². The summed E-state index contributed by atoms with van der Waals surface area (Å²) in [6, 6.07) is 10.6. The highest BCUT2D eigenvalue weighted by Gasteiger charge is 2.29. The van der Waals surface area contributed by atoms with Crippen molar-refractivity contribution in [3.63, 3.8) is 0 Å². The van der Waals surface area contributed by atoms with Crippen molar-refractivity contribution in [2.24, 2.45) is 5.92 Å². The van der Waals surface area contributed by atoms with Gasteiger partial charge in [-0.3, -0.25) is 4.59 Å². The Morgan fingerprint density at radius 1 is 1.21 bits per heavy atom. The minimum Gasteiger partial charge on any atom is -0.408 e. The minimum atomic E-state index is 0.282. The molecule has 0 bridgehead atoms. The lowest BCUT2D eigenvalue weighted by Crippen LogP contribution is -2.39. The van der Waals surface area contributed by atoms with Crippen LogP contribution in [0, 0.1) is 5.92 Å². The van der Waals surface area contributed by atoms with E-state index < -0.39 is 0 Å². The molecule has 1 aliphatic heterocycles. The van der Waals surface area contributed by atoms with E-state index in [1.807, 2.05) is 6.20 Å². The smallest absolute Gasteiger partial charge is 0.396 e. The van der Waals surface area contributed by atoms with E-state index in [1.54, 1.807) is 0 Å². The van der Waals surface area contributed by atoms with Gasteiger partial charge in [-0.2, -0.15) is 5.10 Å². The molecule has 0 fully saturated rings. The number of para-hydroxylation sites is 1. The average molecular weight is 253 g/mol. The number of nitrogens with one attached hydrogen (secondary N) is 1. The van der Waals surface area contributed by atoms with Gasteiger partial charge in [0.25, 0.3) is 0 Å². The number of hydrogen-bond acceptors (Lipinski definition) is 2. The second-order valence-electron chi connectivity index (χ2n) is 5.28. The number of rotatable bonds is 4. The molecule has 0 amide bonds. The van der Waals surface area contributed by atoms with Gasteiger partial charge in [0.1, 0.15) is 0 Å². The lowest BCUT2D eigenvalue weighted by Gasteiger charge is -2.28. The second-order valence-corrected chi connectivity index (χ2v) is 5.28. The Kier molecular flexibility index (Phi) is 3.32. The fourth-order valence-electron chi connectivity index (χ4n) is 2.95. The third-order valence-electron chi connectivity index (χ3n) is 4.20. The molecule has 4 heteroatoms. The third-order valence-corrected chi connectivity index (χ3v) is 4.20. The van der Waals surface area contributed by atoms with Crippen LogP contribution in [-0.4, -0.2) is 16.7 Å². The van der Waals surface area contributed by atoms with Crippen LogP contribution >= 0.6 is 0 Å². The Bertz CT molecular complexity index is 560. The van der Waals surface area contributed by atoms with E-state index in [2.05, 4.69) is 59.1 Å². The van der Waals surface area contributed by atoms with Crippen molar-refractivity contribution in [2.45, 2.75) is 33.0 Å². The molecule has 0 atom stereocenters. The molecular formula is C15H20BN3. The van der Waals surface area contributed by atoms with Gasteiger partial charge in [0.2, 0.25) is 0 Å². The van der Waals surface area contributed by atoms with Crippen LogP contribution in [0.15, 0.2) is 36.5 Å².